The summed E-state index contributed by atoms with van der Waals surface area (Å²) in [5, 5.41) is 13.0. The van der Waals surface area contributed by atoms with Gasteiger partial charge in [0.15, 0.2) is 0 Å². The Bertz CT molecular complexity index is 1090. The third-order valence-corrected chi connectivity index (χ3v) is 5.06. The number of ether oxygens (including phenoxy) is 1. The molecule has 0 amide bonds. The fraction of sp³-hybridized carbons (Fsp3) is 0.300. The van der Waals surface area contributed by atoms with Crippen molar-refractivity contribution in [1.82, 2.24) is 34.5 Å². The lowest BCUT2D eigenvalue weighted by Crippen LogP contribution is -2.38. The highest BCUT2D eigenvalue weighted by Crippen LogP contribution is 2.27. The molecular formula is C20H21N7O. The van der Waals surface area contributed by atoms with E-state index in [1.807, 2.05) is 47.0 Å². The molecular weight excluding hydrogens is 354 g/mol. The molecule has 0 bridgehead atoms. The third-order valence-electron chi connectivity index (χ3n) is 5.06. The largest absolute Gasteiger partial charge is 0.369 e. The first-order valence-corrected chi connectivity index (χ1v) is 9.33. The number of hydrogen-bond donors (Lipinski definition) is 0. The number of pyridine rings is 2. The van der Waals surface area contributed by atoms with E-state index in [0.717, 1.165) is 42.0 Å². The molecule has 0 saturated carbocycles. The number of aryl methyl sites for hydroxylation is 1. The average molecular weight is 375 g/mol. The summed E-state index contributed by atoms with van der Waals surface area (Å²) >= 11 is 0. The van der Waals surface area contributed by atoms with Gasteiger partial charge in [-0.05, 0) is 12.1 Å². The second-order valence-electron chi connectivity index (χ2n) is 7.08. The van der Waals surface area contributed by atoms with E-state index in [0.29, 0.717) is 6.61 Å². The molecule has 0 aromatic carbocycles. The van der Waals surface area contributed by atoms with Gasteiger partial charge in [0.2, 0.25) is 0 Å². The molecule has 1 atom stereocenters. The summed E-state index contributed by atoms with van der Waals surface area (Å²) in [5.41, 5.74) is 5.17. The maximum absolute atomic E-state index is 6.03. The maximum atomic E-state index is 6.03. The lowest BCUT2D eigenvalue weighted by molar-refractivity contribution is -0.0343. The summed E-state index contributed by atoms with van der Waals surface area (Å²) in [6.45, 7) is 3.22. The van der Waals surface area contributed by atoms with E-state index in [1.165, 1.54) is 5.56 Å². The highest BCUT2D eigenvalue weighted by molar-refractivity contribution is 5.65. The highest BCUT2D eigenvalue weighted by atomic mass is 16.5. The molecule has 1 fully saturated rings. The van der Waals surface area contributed by atoms with E-state index in [-0.39, 0.29) is 6.10 Å². The van der Waals surface area contributed by atoms with Crippen LogP contribution >= 0.6 is 0 Å². The zero-order chi connectivity index (χ0) is 18.9. The molecule has 5 heterocycles. The Balaban J connectivity index is 1.38. The number of hydrogen-bond acceptors (Lipinski definition) is 6. The molecule has 8 heteroatoms. The van der Waals surface area contributed by atoms with Crippen molar-refractivity contribution >= 4 is 5.52 Å². The van der Waals surface area contributed by atoms with E-state index < -0.39 is 0 Å². The lowest BCUT2D eigenvalue weighted by atomic mass is 10.1. The van der Waals surface area contributed by atoms with E-state index in [4.69, 9.17) is 4.74 Å². The molecule has 0 N–H and O–H groups in total. The summed E-state index contributed by atoms with van der Waals surface area (Å²) in [4.78, 5) is 6.56. The number of fused-ring (bicyclic) bond motifs is 1. The van der Waals surface area contributed by atoms with Crippen LogP contribution in [0.1, 0.15) is 17.4 Å². The van der Waals surface area contributed by atoms with Crippen LogP contribution in [0.2, 0.25) is 0 Å². The summed E-state index contributed by atoms with van der Waals surface area (Å²) in [6, 6.07) is 8.10. The second-order valence-corrected chi connectivity index (χ2v) is 7.08. The lowest BCUT2D eigenvalue weighted by Gasteiger charge is -2.31. The number of nitrogens with zero attached hydrogens (tertiary/aromatic N) is 7. The van der Waals surface area contributed by atoms with Gasteiger partial charge < -0.3 is 4.74 Å². The smallest absolute Gasteiger partial charge is 0.121 e. The van der Waals surface area contributed by atoms with Crippen LogP contribution in [-0.2, 0) is 18.3 Å². The molecule has 1 aliphatic rings. The minimum Gasteiger partial charge on any atom is -0.369 e. The molecule has 0 spiro atoms. The Hall–Kier alpha value is -3.10. The van der Waals surface area contributed by atoms with Gasteiger partial charge >= 0.3 is 0 Å². The Morgan fingerprint density at radius 2 is 2.11 bits per heavy atom. The summed E-state index contributed by atoms with van der Waals surface area (Å²) in [5.74, 6) is 0. The zero-order valence-corrected chi connectivity index (χ0v) is 15.6. The number of rotatable bonds is 4. The van der Waals surface area contributed by atoms with Crippen LogP contribution in [0.25, 0.3) is 16.6 Å². The van der Waals surface area contributed by atoms with E-state index in [1.54, 1.807) is 6.20 Å². The van der Waals surface area contributed by atoms with Crippen molar-refractivity contribution in [1.29, 1.82) is 0 Å². The molecule has 4 aromatic heterocycles. The van der Waals surface area contributed by atoms with Crippen molar-refractivity contribution in [2.45, 2.75) is 12.6 Å². The molecule has 8 nitrogen and oxygen atoms in total. The van der Waals surface area contributed by atoms with Gasteiger partial charge in [-0.15, -0.1) is 5.10 Å². The molecule has 0 radical (unpaired) electrons. The van der Waals surface area contributed by atoms with Crippen molar-refractivity contribution < 1.29 is 4.74 Å². The van der Waals surface area contributed by atoms with Gasteiger partial charge in [-0.1, -0.05) is 17.3 Å². The molecule has 1 aliphatic heterocycles. The van der Waals surface area contributed by atoms with Gasteiger partial charge in [0.1, 0.15) is 11.8 Å². The Kier molecular flexibility index (Phi) is 4.34. The van der Waals surface area contributed by atoms with Crippen molar-refractivity contribution in [3.05, 3.63) is 66.5 Å². The molecule has 28 heavy (non-hydrogen) atoms. The molecule has 1 saturated heterocycles. The molecule has 0 unspecified atom stereocenters. The first-order chi connectivity index (χ1) is 13.8. The van der Waals surface area contributed by atoms with E-state index >= 15 is 0 Å². The number of aromatic nitrogens is 6. The monoisotopic (exact) mass is 375 g/mol. The fourth-order valence-electron chi connectivity index (χ4n) is 3.67. The molecule has 5 rings (SSSR count). The van der Waals surface area contributed by atoms with Crippen molar-refractivity contribution in [2.75, 3.05) is 19.7 Å². The normalized spacial score (nSPS) is 18.0. The standard InChI is InChI=1S/C20H21N7O/c1-25-11-15(9-22-25)12-26-7-8-28-19(14-26)20-18-5-4-17(13-27(18)24-23-20)16-3-2-6-21-10-16/h2-6,9-11,13,19H,7-8,12,14H2,1H3/t19-/m0/s1. The number of morpholine rings is 1. The van der Waals surface area contributed by atoms with Crippen LogP contribution in [0.3, 0.4) is 0 Å². The minimum absolute atomic E-state index is 0.0906. The SMILES string of the molecule is Cn1cc(CN2CCO[C@H](c3nnn4cc(-c5cccnc5)ccc34)C2)cn1. The molecule has 142 valence electrons. The van der Waals surface area contributed by atoms with Crippen molar-refractivity contribution in [3.8, 4) is 11.1 Å². The quantitative estimate of drug-likeness (QED) is 0.544. The van der Waals surface area contributed by atoms with Crippen LogP contribution in [0.5, 0.6) is 0 Å². The summed E-state index contributed by atoms with van der Waals surface area (Å²) < 4.78 is 9.68. The topological polar surface area (TPSA) is 73.4 Å². The Morgan fingerprint density at radius 3 is 2.93 bits per heavy atom. The van der Waals surface area contributed by atoms with Gasteiger partial charge in [-0.2, -0.15) is 5.10 Å². The van der Waals surface area contributed by atoms with E-state index in [2.05, 4.69) is 43.6 Å². The predicted molar refractivity (Wildman–Crippen MR) is 103 cm³/mol. The zero-order valence-electron chi connectivity index (χ0n) is 15.6. The Labute approximate surface area is 162 Å². The van der Waals surface area contributed by atoms with Gasteiger partial charge in [0.05, 0.1) is 18.3 Å². The van der Waals surface area contributed by atoms with Crippen LogP contribution in [0, 0.1) is 0 Å². The van der Waals surface area contributed by atoms with Crippen LogP contribution in [0.4, 0.5) is 0 Å². The summed E-state index contributed by atoms with van der Waals surface area (Å²) in [6.07, 6.45) is 9.48. The van der Waals surface area contributed by atoms with Gasteiger partial charge in [0.25, 0.3) is 0 Å². The van der Waals surface area contributed by atoms with Crippen LogP contribution < -0.4 is 0 Å². The average Bonchev–Trinajstić information content (AvgIpc) is 3.34. The second kappa shape index (κ2) is 7.14. The summed E-state index contributed by atoms with van der Waals surface area (Å²) in [7, 11) is 1.94. The van der Waals surface area contributed by atoms with Gasteiger partial charge in [0, 0.05) is 68.2 Å². The molecule has 4 aromatic rings. The van der Waals surface area contributed by atoms with Gasteiger partial charge in [-0.25, -0.2) is 4.52 Å². The van der Waals surface area contributed by atoms with Gasteiger partial charge in [-0.3, -0.25) is 14.6 Å². The maximum Gasteiger partial charge on any atom is 0.121 e. The third kappa shape index (κ3) is 3.28. The van der Waals surface area contributed by atoms with Crippen molar-refractivity contribution in [2.24, 2.45) is 7.05 Å². The Morgan fingerprint density at radius 1 is 1.14 bits per heavy atom. The van der Waals surface area contributed by atoms with Crippen LogP contribution in [0.15, 0.2) is 55.2 Å². The minimum atomic E-state index is -0.0906. The van der Waals surface area contributed by atoms with E-state index in [9.17, 15) is 0 Å². The fourth-order valence-corrected chi connectivity index (χ4v) is 3.67. The van der Waals surface area contributed by atoms with Crippen molar-refractivity contribution in [3.63, 3.8) is 0 Å². The predicted octanol–water partition coefficient (Wildman–Crippen LogP) is 2.10. The highest BCUT2D eigenvalue weighted by Gasteiger charge is 2.26. The molecule has 0 aliphatic carbocycles. The first kappa shape index (κ1) is 17.0. The van der Waals surface area contributed by atoms with Crippen LogP contribution in [-0.4, -0.2) is 54.2 Å². The first-order valence-electron chi connectivity index (χ1n) is 9.33.